The lowest BCUT2D eigenvalue weighted by Gasteiger charge is -2.13. The van der Waals surface area contributed by atoms with Gasteiger partial charge in [0.15, 0.2) is 5.78 Å². The van der Waals surface area contributed by atoms with Crippen molar-refractivity contribution in [2.75, 3.05) is 6.67 Å². The van der Waals surface area contributed by atoms with Crippen molar-refractivity contribution in [1.82, 2.24) is 0 Å². The first kappa shape index (κ1) is 9.09. The topological polar surface area (TPSA) is 40.9 Å². The molecule has 2 nitrogen and oxygen atoms in total. The summed E-state index contributed by atoms with van der Waals surface area (Å²) >= 11 is 0. The second-order valence-electron chi connectivity index (χ2n) is 2.35. The van der Waals surface area contributed by atoms with Gasteiger partial charge in [0, 0.05) is 6.42 Å². The standard InChI is InChI=1S/C7H10FNO/c1-3-6(10)7(2,4-8)5-9/h3-4H2,1-2H3. The number of rotatable bonds is 3. The zero-order valence-corrected chi connectivity index (χ0v) is 6.15. The molecule has 0 bridgehead atoms. The molecule has 0 radical (unpaired) electrons. The molecule has 3 heteroatoms. The molecule has 0 heterocycles. The second kappa shape index (κ2) is 3.31. The van der Waals surface area contributed by atoms with Crippen LogP contribution in [0, 0.1) is 16.7 Å². The smallest absolute Gasteiger partial charge is 0.155 e. The molecule has 0 aromatic carbocycles. The summed E-state index contributed by atoms with van der Waals surface area (Å²) in [5.74, 6) is -0.336. The minimum atomic E-state index is -1.41. The van der Waals surface area contributed by atoms with Crippen molar-refractivity contribution in [1.29, 1.82) is 5.26 Å². The highest BCUT2D eigenvalue weighted by Crippen LogP contribution is 2.18. The molecule has 0 amide bonds. The van der Waals surface area contributed by atoms with E-state index in [2.05, 4.69) is 0 Å². The van der Waals surface area contributed by atoms with E-state index in [-0.39, 0.29) is 12.2 Å². The molecular weight excluding hydrogens is 133 g/mol. The maximum atomic E-state index is 12.0. The maximum Gasteiger partial charge on any atom is 0.155 e. The molecular formula is C7H10FNO. The minimum absolute atomic E-state index is 0.216. The van der Waals surface area contributed by atoms with Crippen molar-refractivity contribution in [3.63, 3.8) is 0 Å². The number of halogens is 1. The maximum absolute atomic E-state index is 12.0. The summed E-state index contributed by atoms with van der Waals surface area (Å²) in [4.78, 5) is 10.8. The minimum Gasteiger partial charge on any atom is -0.298 e. The lowest BCUT2D eigenvalue weighted by atomic mass is 9.88. The van der Waals surface area contributed by atoms with Crippen LogP contribution in [0.5, 0.6) is 0 Å². The fourth-order valence-corrected chi connectivity index (χ4v) is 0.557. The molecule has 0 fully saturated rings. The van der Waals surface area contributed by atoms with E-state index in [0.717, 1.165) is 0 Å². The van der Waals surface area contributed by atoms with E-state index in [1.165, 1.54) is 6.92 Å². The van der Waals surface area contributed by atoms with Crippen molar-refractivity contribution in [3.8, 4) is 6.07 Å². The van der Waals surface area contributed by atoms with Gasteiger partial charge in [0.1, 0.15) is 12.1 Å². The summed E-state index contributed by atoms with van der Waals surface area (Å²) in [7, 11) is 0. The van der Waals surface area contributed by atoms with Gasteiger partial charge in [-0.25, -0.2) is 4.39 Å². The summed E-state index contributed by atoms with van der Waals surface area (Å²) < 4.78 is 12.0. The summed E-state index contributed by atoms with van der Waals surface area (Å²) in [6.07, 6.45) is 0.216. The van der Waals surface area contributed by atoms with E-state index in [0.29, 0.717) is 0 Å². The Morgan fingerprint density at radius 2 is 2.30 bits per heavy atom. The molecule has 0 aliphatic heterocycles. The Hall–Kier alpha value is -0.910. The van der Waals surface area contributed by atoms with Gasteiger partial charge < -0.3 is 0 Å². The molecule has 0 spiro atoms. The molecule has 10 heavy (non-hydrogen) atoms. The van der Waals surface area contributed by atoms with E-state index < -0.39 is 12.1 Å². The van der Waals surface area contributed by atoms with Gasteiger partial charge in [-0.2, -0.15) is 5.26 Å². The van der Waals surface area contributed by atoms with Crippen molar-refractivity contribution in [2.45, 2.75) is 20.3 Å². The molecule has 0 aliphatic rings. The van der Waals surface area contributed by atoms with E-state index in [9.17, 15) is 9.18 Å². The van der Waals surface area contributed by atoms with Crippen LogP contribution in [-0.2, 0) is 4.79 Å². The molecule has 0 saturated carbocycles. The third-order valence-corrected chi connectivity index (χ3v) is 1.45. The summed E-state index contributed by atoms with van der Waals surface area (Å²) in [5.41, 5.74) is -1.41. The van der Waals surface area contributed by atoms with Crippen LogP contribution in [0.4, 0.5) is 4.39 Å². The van der Waals surface area contributed by atoms with Crippen LogP contribution in [0.25, 0.3) is 0 Å². The average Bonchev–Trinajstić information content (AvgIpc) is 2.01. The highest BCUT2D eigenvalue weighted by atomic mass is 19.1. The number of hydrogen-bond donors (Lipinski definition) is 0. The number of Topliss-reactive ketones (excluding diaryl/α,β-unsaturated/α-hetero) is 1. The fraction of sp³-hybridized carbons (Fsp3) is 0.714. The highest BCUT2D eigenvalue weighted by Gasteiger charge is 2.31. The monoisotopic (exact) mass is 143 g/mol. The SMILES string of the molecule is CCC(=O)C(C)(C#N)CF. The summed E-state index contributed by atoms with van der Waals surface area (Å²) in [5, 5.41) is 8.38. The van der Waals surface area contributed by atoms with Crippen LogP contribution < -0.4 is 0 Å². The van der Waals surface area contributed by atoms with Gasteiger partial charge in [0.05, 0.1) is 6.07 Å². The van der Waals surface area contributed by atoms with Gasteiger partial charge in [-0.15, -0.1) is 0 Å². The van der Waals surface area contributed by atoms with Crippen LogP contribution in [-0.4, -0.2) is 12.5 Å². The zero-order valence-electron chi connectivity index (χ0n) is 6.15. The van der Waals surface area contributed by atoms with Crippen LogP contribution in [0.15, 0.2) is 0 Å². The molecule has 0 N–H and O–H groups in total. The Labute approximate surface area is 59.6 Å². The highest BCUT2D eigenvalue weighted by molar-refractivity contribution is 5.86. The third-order valence-electron chi connectivity index (χ3n) is 1.45. The van der Waals surface area contributed by atoms with Gasteiger partial charge in [0.2, 0.25) is 0 Å². The first-order chi connectivity index (χ1) is 4.60. The molecule has 0 aromatic rings. The lowest BCUT2D eigenvalue weighted by molar-refractivity contribution is -0.125. The Kier molecular flexibility index (Phi) is 3.01. The van der Waals surface area contributed by atoms with Crippen molar-refractivity contribution >= 4 is 5.78 Å². The quantitative estimate of drug-likeness (QED) is 0.600. The zero-order chi connectivity index (χ0) is 8.20. The molecule has 0 aromatic heterocycles. The van der Waals surface area contributed by atoms with Gasteiger partial charge in [0.25, 0.3) is 0 Å². The van der Waals surface area contributed by atoms with Gasteiger partial charge in [-0.05, 0) is 6.92 Å². The number of carbonyl (C=O) groups excluding carboxylic acids is 1. The predicted molar refractivity (Wildman–Crippen MR) is 35.0 cm³/mol. The number of ketones is 1. The summed E-state index contributed by atoms with van der Waals surface area (Å²) in [6.45, 7) is 2.04. The van der Waals surface area contributed by atoms with Gasteiger partial charge in [-0.3, -0.25) is 4.79 Å². The molecule has 0 saturated heterocycles. The predicted octanol–water partition coefficient (Wildman–Crippen LogP) is 1.46. The molecule has 0 rings (SSSR count). The first-order valence-corrected chi connectivity index (χ1v) is 3.11. The van der Waals surface area contributed by atoms with Crippen LogP contribution in [0.1, 0.15) is 20.3 Å². The normalized spacial score (nSPS) is 15.4. The Morgan fingerprint density at radius 3 is 2.40 bits per heavy atom. The Bertz CT molecular complexity index is 173. The fourth-order valence-electron chi connectivity index (χ4n) is 0.557. The largest absolute Gasteiger partial charge is 0.298 e. The molecule has 1 atom stereocenters. The van der Waals surface area contributed by atoms with Gasteiger partial charge >= 0.3 is 0 Å². The summed E-state index contributed by atoms with van der Waals surface area (Å²) in [6, 6.07) is 1.65. The van der Waals surface area contributed by atoms with Crippen molar-refractivity contribution in [3.05, 3.63) is 0 Å². The number of carbonyl (C=O) groups is 1. The van der Waals surface area contributed by atoms with E-state index in [4.69, 9.17) is 5.26 Å². The van der Waals surface area contributed by atoms with Crippen LogP contribution in [0.3, 0.4) is 0 Å². The number of nitrogens with zero attached hydrogens (tertiary/aromatic N) is 1. The van der Waals surface area contributed by atoms with Crippen LogP contribution >= 0.6 is 0 Å². The van der Waals surface area contributed by atoms with E-state index >= 15 is 0 Å². The number of nitriles is 1. The average molecular weight is 143 g/mol. The molecule has 1 unspecified atom stereocenters. The lowest BCUT2D eigenvalue weighted by Crippen LogP contribution is -2.27. The first-order valence-electron chi connectivity index (χ1n) is 3.11. The van der Waals surface area contributed by atoms with Crippen molar-refractivity contribution in [2.24, 2.45) is 5.41 Å². The second-order valence-corrected chi connectivity index (χ2v) is 2.35. The molecule has 56 valence electrons. The van der Waals surface area contributed by atoms with Gasteiger partial charge in [-0.1, -0.05) is 6.92 Å². The van der Waals surface area contributed by atoms with Crippen LogP contribution in [0.2, 0.25) is 0 Å². The van der Waals surface area contributed by atoms with E-state index in [1.54, 1.807) is 13.0 Å². The Balaban J connectivity index is 4.37. The molecule has 0 aliphatic carbocycles. The number of hydrogen-bond acceptors (Lipinski definition) is 2. The van der Waals surface area contributed by atoms with Crippen molar-refractivity contribution < 1.29 is 9.18 Å². The Morgan fingerprint density at radius 1 is 1.80 bits per heavy atom. The van der Waals surface area contributed by atoms with E-state index in [1.807, 2.05) is 0 Å². The third kappa shape index (κ3) is 1.53. The number of alkyl halides is 1.